The van der Waals surface area contributed by atoms with Gasteiger partial charge in [0.2, 0.25) is 17.7 Å². The molecule has 1 aromatic rings. The molecule has 2 aliphatic heterocycles. The Labute approximate surface area is 247 Å². The molecule has 5 atom stereocenters. The maximum Gasteiger partial charge on any atom is 0.330 e. The van der Waals surface area contributed by atoms with Crippen molar-refractivity contribution in [3.05, 3.63) is 60.7 Å². The molecule has 226 valence electrons. The van der Waals surface area contributed by atoms with Gasteiger partial charge in [-0.2, -0.15) is 0 Å². The lowest BCUT2D eigenvalue weighted by molar-refractivity contribution is -0.145. The number of nitrogens with zero attached hydrogens (tertiary/aromatic N) is 2. The van der Waals surface area contributed by atoms with Crippen LogP contribution in [0.4, 0.5) is 5.69 Å². The number of carbonyl (C=O) groups is 3. The number of amides is 2. The van der Waals surface area contributed by atoms with Gasteiger partial charge in [-0.25, -0.2) is 4.79 Å². The number of benzene rings is 1. The minimum Gasteiger partial charge on any atom is -0.497 e. The first-order valence-electron chi connectivity index (χ1n) is 14.6. The molecule has 0 spiro atoms. The topological polar surface area (TPSA) is 130 Å². The summed E-state index contributed by atoms with van der Waals surface area (Å²) in [4.78, 5) is 46.0. The van der Waals surface area contributed by atoms with Crippen LogP contribution >= 0.6 is 0 Å². The number of anilines is 1. The van der Waals surface area contributed by atoms with Crippen LogP contribution in [0.15, 0.2) is 65.7 Å². The largest absolute Gasteiger partial charge is 0.497 e. The molecule has 0 aromatic heterocycles. The van der Waals surface area contributed by atoms with Crippen molar-refractivity contribution in [2.24, 2.45) is 10.9 Å². The van der Waals surface area contributed by atoms with E-state index in [0.29, 0.717) is 30.1 Å². The molecule has 2 heterocycles. The van der Waals surface area contributed by atoms with E-state index in [0.717, 1.165) is 31.4 Å². The number of carboxylic acids is 1. The van der Waals surface area contributed by atoms with E-state index < -0.39 is 35.6 Å². The maximum atomic E-state index is 14.2. The van der Waals surface area contributed by atoms with Gasteiger partial charge in [0.05, 0.1) is 13.7 Å². The van der Waals surface area contributed by atoms with Gasteiger partial charge in [-0.1, -0.05) is 49.8 Å². The van der Waals surface area contributed by atoms with Gasteiger partial charge < -0.3 is 30.1 Å². The number of allylic oxidation sites excluding steroid dienone is 2. The van der Waals surface area contributed by atoms with E-state index >= 15 is 0 Å². The number of carboxylic acid groups (broad SMARTS) is 1. The van der Waals surface area contributed by atoms with E-state index in [4.69, 9.17) is 9.47 Å². The fraction of sp³-hybridized carbons (Fsp3) is 0.500. The van der Waals surface area contributed by atoms with Crippen LogP contribution in [-0.4, -0.2) is 78.1 Å². The number of hydrogen-bond acceptors (Lipinski definition) is 7. The third kappa shape index (κ3) is 7.03. The van der Waals surface area contributed by atoms with Crippen molar-refractivity contribution >= 4 is 29.4 Å². The number of ether oxygens (including phenoxy) is 2. The van der Waals surface area contributed by atoms with Crippen LogP contribution in [0.5, 0.6) is 5.75 Å². The Hall–Kier alpha value is -4.08. The number of fused-ring (bicyclic) bond motifs is 2. The predicted octanol–water partition coefficient (Wildman–Crippen LogP) is 4.10. The number of aliphatic imine (C=N–C) groups is 1. The summed E-state index contributed by atoms with van der Waals surface area (Å²) in [5.41, 5.74) is -0.0545. The summed E-state index contributed by atoms with van der Waals surface area (Å²) in [6, 6.07) is 5.87. The minimum absolute atomic E-state index is 0.152. The third-order valence-corrected chi connectivity index (χ3v) is 8.16. The normalized spacial score (nSPS) is 29.4. The number of carbonyl (C=O) groups excluding carboxylic acids is 2. The minimum atomic E-state index is -1.37. The molecule has 0 unspecified atom stereocenters. The SMILES string of the molecule is C=C(/C=C\C)C(=NC)O[C@@H]1C[C@H]2C(=O)N[C@]3(C(=O)O)C[C@H]3/C=C\CCCCC[C@H](Nc3cccc(OC)c3)C(=O)N2C1. The number of hydrogen-bond donors (Lipinski definition) is 3. The van der Waals surface area contributed by atoms with E-state index in [2.05, 4.69) is 22.2 Å². The van der Waals surface area contributed by atoms with Crippen LogP contribution in [0.1, 0.15) is 51.9 Å². The standard InChI is InChI=1S/C32H42N4O6/c1-5-12-21(2)29(33-3)42-25-18-27-28(37)35-32(31(39)40)19-22(32)13-9-7-6-8-10-16-26(30(38)36(27)20-25)34-23-14-11-15-24(17-23)41-4/h5,9,11-15,17,22,25-27,34H,2,6-8,10,16,18-20H2,1,3-4H3,(H,35,37)(H,39,40)/b12-5-,13-9-,33-29?/t22-,25-,26+,27+,32-/m1/s1. The van der Waals surface area contributed by atoms with Crippen LogP contribution in [0, 0.1) is 5.92 Å². The molecule has 1 saturated heterocycles. The second-order valence-corrected chi connectivity index (χ2v) is 11.1. The van der Waals surface area contributed by atoms with Crippen LogP contribution in [-0.2, 0) is 19.1 Å². The van der Waals surface area contributed by atoms with Gasteiger partial charge in [-0.15, -0.1) is 0 Å². The Kier molecular flexibility index (Phi) is 10.1. The molecule has 1 aliphatic carbocycles. The average Bonchev–Trinajstić information content (AvgIpc) is 3.51. The molecule has 10 heteroatoms. The molecule has 42 heavy (non-hydrogen) atoms. The first-order chi connectivity index (χ1) is 20.2. The zero-order valence-corrected chi connectivity index (χ0v) is 24.7. The number of rotatable bonds is 7. The fourth-order valence-electron chi connectivity index (χ4n) is 5.76. The van der Waals surface area contributed by atoms with Gasteiger partial charge in [-0.05, 0) is 44.7 Å². The zero-order chi connectivity index (χ0) is 30.3. The lowest BCUT2D eigenvalue weighted by Crippen LogP contribution is -2.55. The molecule has 10 nitrogen and oxygen atoms in total. The number of nitrogens with one attached hydrogen (secondary N) is 2. The lowest BCUT2D eigenvalue weighted by Gasteiger charge is -2.30. The first kappa shape index (κ1) is 30.9. The van der Waals surface area contributed by atoms with E-state index in [1.165, 1.54) is 4.90 Å². The summed E-state index contributed by atoms with van der Waals surface area (Å²) in [5, 5.41) is 16.2. The Bertz CT molecular complexity index is 1270. The van der Waals surface area contributed by atoms with Gasteiger partial charge in [0.15, 0.2) is 0 Å². The van der Waals surface area contributed by atoms with Crippen molar-refractivity contribution in [2.75, 3.05) is 26.0 Å². The van der Waals surface area contributed by atoms with Gasteiger partial charge >= 0.3 is 5.97 Å². The summed E-state index contributed by atoms with van der Waals surface area (Å²) in [7, 11) is 3.19. The van der Waals surface area contributed by atoms with Crippen molar-refractivity contribution in [2.45, 2.75) is 75.6 Å². The summed E-state index contributed by atoms with van der Waals surface area (Å²) < 4.78 is 11.5. The summed E-state index contributed by atoms with van der Waals surface area (Å²) >= 11 is 0. The van der Waals surface area contributed by atoms with Crippen molar-refractivity contribution in [3.63, 3.8) is 0 Å². The quantitative estimate of drug-likeness (QED) is 0.192. The van der Waals surface area contributed by atoms with Gasteiger partial charge in [0, 0.05) is 36.7 Å². The highest BCUT2D eigenvalue weighted by molar-refractivity contribution is 5.97. The predicted molar refractivity (Wildman–Crippen MR) is 162 cm³/mol. The van der Waals surface area contributed by atoms with Crippen LogP contribution in [0.25, 0.3) is 0 Å². The molecule has 3 aliphatic rings. The smallest absolute Gasteiger partial charge is 0.330 e. The Morgan fingerprint density at radius 3 is 2.81 bits per heavy atom. The molecule has 0 radical (unpaired) electrons. The Morgan fingerprint density at radius 2 is 2.10 bits per heavy atom. The van der Waals surface area contributed by atoms with Crippen molar-refractivity contribution in [1.82, 2.24) is 10.2 Å². The molecular weight excluding hydrogens is 536 g/mol. The van der Waals surface area contributed by atoms with E-state index in [1.807, 2.05) is 49.4 Å². The highest BCUT2D eigenvalue weighted by Gasteiger charge is 2.61. The molecule has 1 aromatic carbocycles. The molecule has 4 rings (SSSR count). The number of aliphatic carboxylic acids is 1. The van der Waals surface area contributed by atoms with E-state index in [1.54, 1.807) is 20.2 Å². The van der Waals surface area contributed by atoms with Gasteiger partial charge in [0.25, 0.3) is 0 Å². The zero-order valence-electron chi connectivity index (χ0n) is 24.7. The van der Waals surface area contributed by atoms with Gasteiger partial charge in [0.1, 0.15) is 29.5 Å². The third-order valence-electron chi connectivity index (χ3n) is 8.16. The van der Waals surface area contributed by atoms with Crippen LogP contribution in [0.3, 0.4) is 0 Å². The van der Waals surface area contributed by atoms with Gasteiger partial charge in [-0.3, -0.25) is 14.6 Å². The molecule has 2 fully saturated rings. The second kappa shape index (κ2) is 13.7. The molecular formula is C32H42N4O6. The van der Waals surface area contributed by atoms with E-state index in [-0.39, 0.29) is 24.8 Å². The maximum absolute atomic E-state index is 14.2. The van der Waals surface area contributed by atoms with Crippen LogP contribution < -0.4 is 15.4 Å². The highest BCUT2D eigenvalue weighted by atomic mass is 16.5. The Morgan fingerprint density at radius 1 is 1.29 bits per heavy atom. The summed E-state index contributed by atoms with van der Waals surface area (Å²) in [6.07, 6.45) is 11.5. The van der Waals surface area contributed by atoms with Crippen molar-refractivity contribution < 1.29 is 29.0 Å². The van der Waals surface area contributed by atoms with Crippen molar-refractivity contribution in [1.29, 1.82) is 0 Å². The monoisotopic (exact) mass is 578 g/mol. The molecule has 2 amide bonds. The molecule has 1 saturated carbocycles. The second-order valence-electron chi connectivity index (χ2n) is 11.1. The summed E-state index contributed by atoms with van der Waals surface area (Å²) in [5.74, 6) is -1.10. The number of methoxy groups -OCH3 is 1. The Balaban J connectivity index is 1.65. The fourth-order valence-corrected chi connectivity index (χ4v) is 5.76. The van der Waals surface area contributed by atoms with Crippen molar-refractivity contribution in [3.8, 4) is 5.75 Å². The molecule has 3 N–H and O–H groups in total. The first-order valence-corrected chi connectivity index (χ1v) is 14.6. The molecule has 0 bridgehead atoms. The van der Waals surface area contributed by atoms with E-state index in [9.17, 15) is 19.5 Å². The van der Waals surface area contributed by atoms with Crippen LogP contribution in [0.2, 0.25) is 0 Å². The average molecular weight is 579 g/mol. The lowest BCUT2D eigenvalue weighted by atomic mass is 10.0. The summed E-state index contributed by atoms with van der Waals surface area (Å²) in [6.45, 7) is 6.02. The highest BCUT2D eigenvalue weighted by Crippen LogP contribution is 2.45.